The van der Waals surface area contributed by atoms with E-state index in [9.17, 15) is 9.59 Å². The quantitative estimate of drug-likeness (QED) is 0.781. The van der Waals surface area contributed by atoms with Crippen molar-refractivity contribution in [1.82, 2.24) is 14.1 Å². The number of nitrogens with one attached hydrogen (secondary N) is 1. The third kappa shape index (κ3) is 2.62. The van der Waals surface area contributed by atoms with Gasteiger partial charge in [0.15, 0.2) is 11.9 Å². The molecule has 120 valence electrons. The fraction of sp³-hybridized carbons (Fsp3) is 0.500. The highest BCUT2D eigenvalue weighted by Gasteiger charge is 2.16. The van der Waals surface area contributed by atoms with Crippen LogP contribution in [0.25, 0.3) is 11.0 Å². The first-order chi connectivity index (χ1) is 10.4. The highest BCUT2D eigenvalue weighted by molar-refractivity contribution is 5.89. The van der Waals surface area contributed by atoms with E-state index in [4.69, 9.17) is 9.47 Å². The maximum Gasteiger partial charge on any atom is 0.332 e. The summed E-state index contributed by atoms with van der Waals surface area (Å²) in [6.45, 7) is 2.20. The normalized spacial score (nSPS) is 11.4. The number of hydrogen-bond acceptors (Lipinski definition) is 6. The van der Waals surface area contributed by atoms with Crippen molar-refractivity contribution in [1.29, 1.82) is 0 Å². The van der Waals surface area contributed by atoms with Gasteiger partial charge in [-0.1, -0.05) is 0 Å². The van der Waals surface area contributed by atoms with Crippen LogP contribution in [0.5, 0.6) is 0 Å². The third-order valence-electron chi connectivity index (χ3n) is 3.63. The largest absolute Gasteiger partial charge is 0.379 e. The molecule has 22 heavy (non-hydrogen) atoms. The van der Waals surface area contributed by atoms with E-state index in [2.05, 4.69) is 10.3 Å². The summed E-state index contributed by atoms with van der Waals surface area (Å²) in [5.41, 5.74) is 0.969. The van der Waals surface area contributed by atoms with Crippen LogP contribution in [0.2, 0.25) is 0 Å². The van der Waals surface area contributed by atoms with E-state index in [1.807, 2.05) is 6.92 Å². The molecule has 8 heteroatoms. The molecule has 0 aromatic carbocycles. The summed E-state index contributed by atoms with van der Waals surface area (Å²) in [5.74, 6) is 0. The highest BCUT2D eigenvalue weighted by atomic mass is 16.7. The average Bonchev–Trinajstić information content (AvgIpc) is 2.52. The van der Waals surface area contributed by atoms with Crippen LogP contribution in [0.15, 0.2) is 15.8 Å². The van der Waals surface area contributed by atoms with Crippen molar-refractivity contribution in [2.24, 2.45) is 14.1 Å². The van der Waals surface area contributed by atoms with Gasteiger partial charge in [-0.2, -0.15) is 0 Å². The van der Waals surface area contributed by atoms with Crippen LogP contribution >= 0.6 is 0 Å². The first-order valence-corrected chi connectivity index (χ1v) is 6.77. The second-order valence-electron chi connectivity index (χ2n) is 5.00. The number of methoxy groups -OCH3 is 2. The van der Waals surface area contributed by atoms with E-state index in [1.54, 1.807) is 13.2 Å². The number of rotatable bonds is 5. The lowest BCUT2D eigenvalue weighted by atomic mass is 10.2. The zero-order chi connectivity index (χ0) is 16.4. The van der Waals surface area contributed by atoms with Crippen molar-refractivity contribution in [2.45, 2.75) is 13.2 Å². The number of aromatic nitrogens is 3. The Balaban J connectivity index is 2.66. The van der Waals surface area contributed by atoms with Crippen LogP contribution in [0.3, 0.4) is 0 Å². The van der Waals surface area contributed by atoms with E-state index in [-0.39, 0.29) is 5.56 Å². The fourth-order valence-electron chi connectivity index (χ4n) is 2.30. The number of pyridine rings is 1. The molecule has 0 amide bonds. The van der Waals surface area contributed by atoms with Gasteiger partial charge < -0.3 is 14.8 Å². The van der Waals surface area contributed by atoms with Crippen molar-refractivity contribution < 1.29 is 9.47 Å². The smallest absolute Gasteiger partial charge is 0.332 e. The first-order valence-electron chi connectivity index (χ1n) is 6.77. The highest BCUT2D eigenvalue weighted by Crippen LogP contribution is 2.21. The van der Waals surface area contributed by atoms with Crippen molar-refractivity contribution in [3.05, 3.63) is 32.6 Å². The monoisotopic (exact) mass is 308 g/mol. The molecule has 2 aromatic rings. The molecule has 0 saturated carbocycles. The first kappa shape index (κ1) is 16.2. The van der Waals surface area contributed by atoms with Gasteiger partial charge in [0.25, 0.3) is 5.56 Å². The van der Waals surface area contributed by atoms with Crippen molar-refractivity contribution in [3.8, 4) is 0 Å². The molecule has 0 aliphatic heterocycles. The summed E-state index contributed by atoms with van der Waals surface area (Å²) in [7, 11) is 6.11. The molecule has 0 fully saturated rings. The zero-order valence-corrected chi connectivity index (χ0v) is 13.3. The van der Waals surface area contributed by atoms with Gasteiger partial charge >= 0.3 is 5.69 Å². The predicted molar refractivity (Wildman–Crippen MR) is 83.3 cm³/mol. The van der Waals surface area contributed by atoms with Crippen molar-refractivity contribution in [3.63, 3.8) is 0 Å². The molecule has 0 atom stereocenters. The zero-order valence-electron chi connectivity index (χ0n) is 13.3. The van der Waals surface area contributed by atoms with Crippen LogP contribution in [-0.4, -0.2) is 41.2 Å². The number of hydrogen-bond donors (Lipinski definition) is 1. The molecule has 0 spiro atoms. The minimum atomic E-state index is -0.445. The molecular weight excluding hydrogens is 288 g/mol. The van der Waals surface area contributed by atoms with E-state index >= 15 is 0 Å². The Bertz CT molecular complexity index is 805. The standard InChI is InChI=1S/C14H20N4O4/c1-8-6-16-12-10(11(8)15-7-9(21-4)22-5)13(19)18(3)14(20)17(12)2/h6,9H,7H2,1-5H3,(H,15,16). The van der Waals surface area contributed by atoms with Crippen LogP contribution < -0.4 is 16.6 Å². The van der Waals surface area contributed by atoms with Gasteiger partial charge in [-0.3, -0.25) is 13.9 Å². The molecule has 0 radical (unpaired) electrons. The van der Waals surface area contributed by atoms with Gasteiger partial charge in [0.05, 0.1) is 12.2 Å². The maximum atomic E-state index is 12.5. The summed E-state index contributed by atoms with van der Waals surface area (Å²) in [6, 6.07) is 0. The van der Waals surface area contributed by atoms with Gasteiger partial charge in [0.2, 0.25) is 0 Å². The molecule has 8 nitrogen and oxygen atoms in total. The van der Waals surface area contributed by atoms with Crippen molar-refractivity contribution >= 4 is 16.7 Å². The molecule has 1 N–H and O–H groups in total. The van der Waals surface area contributed by atoms with Gasteiger partial charge in [0, 0.05) is 34.5 Å². The summed E-state index contributed by atoms with van der Waals surface area (Å²) in [5, 5.41) is 3.52. The molecule has 0 unspecified atom stereocenters. The summed E-state index contributed by atoms with van der Waals surface area (Å²) in [6.07, 6.45) is 1.18. The lowest BCUT2D eigenvalue weighted by molar-refractivity contribution is -0.0913. The summed E-state index contributed by atoms with van der Waals surface area (Å²) in [4.78, 5) is 28.7. The Kier molecular flexibility index (Phi) is 4.62. The second-order valence-corrected chi connectivity index (χ2v) is 5.00. The SMILES string of the molecule is COC(CNc1c(C)cnc2c1c(=O)n(C)c(=O)n2C)OC. The number of aryl methyl sites for hydroxylation is 2. The lowest BCUT2D eigenvalue weighted by Gasteiger charge is -2.18. The molecule has 0 bridgehead atoms. The van der Waals surface area contributed by atoms with Crippen LogP contribution in [0.1, 0.15) is 5.56 Å². The summed E-state index contributed by atoms with van der Waals surface area (Å²) >= 11 is 0. The van der Waals surface area contributed by atoms with Gasteiger partial charge in [-0.05, 0) is 12.5 Å². The average molecular weight is 308 g/mol. The van der Waals surface area contributed by atoms with Crippen LogP contribution in [0.4, 0.5) is 5.69 Å². The van der Waals surface area contributed by atoms with Gasteiger partial charge in [0.1, 0.15) is 5.39 Å². The second kappa shape index (κ2) is 6.29. The minimum absolute atomic E-state index is 0.340. The topological polar surface area (TPSA) is 87.4 Å². The molecule has 0 aliphatic rings. The molecular formula is C14H20N4O4. The Morgan fingerprint density at radius 1 is 1.23 bits per heavy atom. The Morgan fingerprint density at radius 3 is 2.45 bits per heavy atom. The fourth-order valence-corrected chi connectivity index (χ4v) is 2.30. The van der Waals surface area contributed by atoms with E-state index in [0.717, 1.165) is 10.1 Å². The Morgan fingerprint density at radius 2 is 1.86 bits per heavy atom. The Labute approximate surface area is 127 Å². The third-order valence-corrected chi connectivity index (χ3v) is 3.63. The molecule has 2 heterocycles. The van der Waals surface area contributed by atoms with E-state index in [1.165, 1.54) is 25.8 Å². The lowest BCUT2D eigenvalue weighted by Crippen LogP contribution is -2.38. The minimum Gasteiger partial charge on any atom is -0.379 e. The number of ether oxygens (including phenoxy) is 2. The number of anilines is 1. The molecule has 0 saturated heterocycles. The van der Waals surface area contributed by atoms with Gasteiger partial charge in [-0.15, -0.1) is 0 Å². The molecule has 2 rings (SSSR count). The number of fused-ring (bicyclic) bond motifs is 1. The number of nitrogens with zero attached hydrogens (tertiary/aromatic N) is 3. The maximum absolute atomic E-state index is 12.5. The molecule has 2 aromatic heterocycles. The van der Waals surface area contributed by atoms with Gasteiger partial charge in [-0.25, -0.2) is 9.78 Å². The van der Waals surface area contributed by atoms with Crippen LogP contribution in [-0.2, 0) is 23.6 Å². The predicted octanol–water partition coefficient (Wildman–Crippen LogP) is -0.0286. The van der Waals surface area contributed by atoms with E-state index in [0.29, 0.717) is 23.3 Å². The van der Waals surface area contributed by atoms with Crippen LogP contribution in [0, 0.1) is 6.92 Å². The Hall–Kier alpha value is -2.19. The molecule has 0 aliphatic carbocycles. The summed E-state index contributed by atoms with van der Waals surface area (Å²) < 4.78 is 12.7. The van der Waals surface area contributed by atoms with Crippen molar-refractivity contribution in [2.75, 3.05) is 26.1 Å². The van der Waals surface area contributed by atoms with E-state index < -0.39 is 12.0 Å².